The maximum atomic E-state index is 13.4. The van der Waals surface area contributed by atoms with E-state index < -0.39 is 35.3 Å². The number of amides is 2. The Hall–Kier alpha value is -3.25. The van der Waals surface area contributed by atoms with Crippen LogP contribution in [0.4, 0.5) is 0 Å². The maximum Gasteiger partial charge on any atom is 0.329 e. The number of nitrogens with zero attached hydrogens (tertiary/aromatic N) is 1. The van der Waals surface area contributed by atoms with Crippen molar-refractivity contribution < 1.29 is 19.5 Å². The van der Waals surface area contributed by atoms with Crippen molar-refractivity contribution in [2.24, 2.45) is 11.8 Å². The molecule has 2 aromatic carbocycles. The molecule has 0 bridgehead atoms. The number of aliphatic carboxylic acids is 1. The van der Waals surface area contributed by atoms with Gasteiger partial charge in [-0.25, -0.2) is 4.79 Å². The highest BCUT2D eigenvalue weighted by atomic mass is 16.4. The molecular formula is C25H26N2O4. The van der Waals surface area contributed by atoms with Gasteiger partial charge in [0, 0.05) is 12.6 Å². The second-order valence-electron chi connectivity index (χ2n) is 8.10. The number of fused-ring (bicyclic) bond motifs is 1. The number of carbonyl (C=O) groups is 3. The SMILES string of the molecule is CCCCN1C(=O)C2C(C=Cc3ccccc3)NC(C(=O)O)(c3ccccc3)C2C1=O. The van der Waals surface area contributed by atoms with Gasteiger partial charge in [-0.15, -0.1) is 0 Å². The van der Waals surface area contributed by atoms with Gasteiger partial charge in [-0.2, -0.15) is 0 Å². The van der Waals surface area contributed by atoms with Crippen molar-refractivity contribution in [1.82, 2.24) is 10.2 Å². The zero-order valence-corrected chi connectivity index (χ0v) is 17.4. The monoisotopic (exact) mass is 418 g/mol. The van der Waals surface area contributed by atoms with E-state index in [1.54, 1.807) is 30.3 Å². The highest BCUT2D eigenvalue weighted by Gasteiger charge is 2.68. The quantitative estimate of drug-likeness (QED) is 0.675. The number of likely N-dealkylation sites (tertiary alicyclic amines) is 1. The van der Waals surface area contributed by atoms with Crippen molar-refractivity contribution in [2.45, 2.75) is 31.3 Å². The second-order valence-corrected chi connectivity index (χ2v) is 8.10. The van der Waals surface area contributed by atoms with Crippen LogP contribution < -0.4 is 5.32 Å². The Morgan fingerprint density at radius 3 is 2.32 bits per heavy atom. The predicted molar refractivity (Wildman–Crippen MR) is 117 cm³/mol. The number of carboxylic acids is 1. The van der Waals surface area contributed by atoms with Gasteiger partial charge in [-0.05, 0) is 17.5 Å². The smallest absolute Gasteiger partial charge is 0.329 e. The lowest BCUT2D eigenvalue weighted by Gasteiger charge is -2.31. The Balaban J connectivity index is 1.80. The van der Waals surface area contributed by atoms with Gasteiger partial charge >= 0.3 is 5.97 Å². The Labute approximate surface area is 181 Å². The van der Waals surface area contributed by atoms with Gasteiger partial charge < -0.3 is 5.11 Å². The van der Waals surface area contributed by atoms with Crippen LogP contribution in [0, 0.1) is 11.8 Å². The van der Waals surface area contributed by atoms with Gasteiger partial charge in [-0.3, -0.25) is 19.8 Å². The molecule has 0 spiro atoms. The molecule has 4 atom stereocenters. The van der Waals surface area contributed by atoms with Gasteiger partial charge in [0.15, 0.2) is 5.54 Å². The molecule has 2 saturated heterocycles. The minimum atomic E-state index is -1.66. The molecule has 2 aliphatic rings. The molecule has 4 rings (SSSR count). The molecule has 2 N–H and O–H groups in total. The molecule has 31 heavy (non-hydrogen) atoms. The Morgan fingerprint density at radius 2 is 1.71 bits per heavy atom. The Morgan fingerprint density at radius 1 is 1.06 bits per heavy atom. The van der Waals surface area contributed by atoms with Crippen molar-refractivity contribution in [2.75, 3.05) is 6.54 Å². The fourth-order valence-corrected chi connectivity index (χ4v) is 4.78. The molecule has 0 aromatic heterocycles. The van der Waals surface area contributed by atoms with Gasteiger partial charge in [0.25, 0.3) is 0 Å². The summed E-state index contributed by atoms with van der Waals surface area (Å²) in [5, 5.41) is 13.5. The van der Waals surface area contributed by atoms with Gasteiger partial charge in [-0.1, -0.05) is 86.2 Å². The highest BCUT2D eigenvalue weighted by Crippen LogP contribution is 2.48. The molecular weight excluding hydrogens is 392 g/mol. The lowest BCUT2D eigenvalue weighted by Crippen LogP contribution is -2.54. The van der Waals surface area contributed by atoms with E-state index in [1.807, 2.05) is 49.4 Å². The van der Waals surface area contributed by atoms with Gasteiger partial charge in [0.1, 0.15) is 0 Å². The third kappa shape index (κ3) is 3.47. The van der Waals surface area contributed by atoms with Crippen molar-refractivity contribution >= 4 is 23.9 Å². The van der Waals surface area contributed by atoms with Crippen molar-refractivity contribution in [3.63, 3.8) is 0 Å². The summed E-state index contributed by atoms with van der Waals surface area (Å²) in [6.45, 7) is 2.31. The van der Waals surface area contributed by atoms with E-state index in [-0.39, 0.29) is 5.91 Å². The fourth-order valence-electron chi connectivity index (χ4n) is 4.78. The molecule has 0 saturated carbocycles. The first kappa shape index (κ1) is 21.0. The average molecular weight is 418 g/mol. The minimum absolute atomic E-state index is 0.294. The summed E-state index contributed by atoms with van der Waals surface area (Å²) in [5.74, 6) is -3.61. The van der Waals surface area contributed by atoms with Crippen LogP contribution in [0.1, 0.15) is 30.9 Å². The predicted octanol–water partition coefficient (Wildman–Crippen LogP) is 3.05. The molecule has 6 heteroatoms. The molecule has 160 valence electrons. The van der Waals surface area contributed by atoms with Crippen LogP contribution in [-0.2, 0) is 19.9 Å². The van der Waals surface area contributed by atoms with Crippen LogP contribution in [0.5, 0.6) is 0 Å². The van der Waals surface area contributed by atoms with Gasteiger partial charge in [0.05, 0.1) is 11.8 Å². The first-order chi connectivity index (χ1) is 15.0. The number of imide groups is 1. The standard InChI is InChI=1S/C25H26N2O4/c1-2-3-16-27-22(28)20-19(15-14-17-10-6-4-7-11-17)26-25(24(30)31,21(20)23(27)29)18-12-8-5-9-13-18/h4-15,19-21,26H,2-3,16H2,1H3,(H,30,31). The number of rotatable bonds is 7. The summed E-state index contributed by atoms with van der Waals surface area (Å²) >= 11 is 0. The summed E-state index contributed by atoms with van der Waals surface area (Å²) < 4.78 is 0. The first-order valence-electron chi connectivity index (χ1n) is 10.7. The Bertz CT molecular complexity index is 1000. The van der Waals surface area contributed by atoms with E-state index in [0.717, 1.165) is 12.0 Å². The molecule has 2 fully saturated rings. The molecule has 0 aliphatic carbocycles. The third-order valence-electron chi connectivity index (χ3n) is 6.29. The highest BCUT2D eigenvalue weighted by molar-refractivity contribution is 6.09. The molecule has 2 amide bonds. The van der Waals surface area contributed by atoms with Crippen LogP contribution in [-0.4, -0.2) is 40.4 Å². The number of hydrogen-bond acceptors (Lipinski definition) is 4. The number of nitrogens with one attached hydrogen (secondary N) is 1. The minimum Gasteiger partial charge on any atom is -0.480 e. The lowest BCUT2D eigenvalue weighted by atomic mass is 9.76. The lowest BCUT2D eigenvalue weighted by molar-refractivity contribution is -0.152. The number of carbonyl (C=O) groups excluding carboxylic acids is 2. The van der Waals surface area contributed by atoms with Gasteiger partial charge in [0.2, 0.25) is 11.8 Å². The molecule has 0 radical (unpaired) electrons. The first-order valence-corrected chi connectivity index (χ1v) is 10.7. The third-order valence-corrected chi connectivity index (χ3v) is 6.29. The second kappa shape index (κ2) is 8.47. The van der Waals surface area contributed by atoms with E-state index >= 15 is 0 Å². The topological polar surface area (TPSA) is 86.7 Å². The van der Waals surface area contributed by atoms with Crippen LogP contribution in [0.3, 0.4) is 0 Å². The molecule has 2 aromatic rings. The molecule has 6 nitrogen and oxygen atoms in total. The van der Waals surface area contributed by atoms with E-state index in [4.69, 9.17) is 0 Å². The average Bonchev–Trinajstić information content (AvgIpc) is 3.27. The number of carboxylic acid groups (broad SMARTS) is 1. The van der Waals surface area contributed by atoms with E-state index in [2.05, 4.69) is 5.32 Å². The van der Waals surface area contributed by atoms with Crippen LogP contribution in [0.2, 0.25) is 0 Å². The van der Waals surface area contributed by atoms with E-state index in [9.17, 15) is 19.5 Å². The zero-order valence-electron chi connectivity index (χ0n) is 17.4. The summed E-state index contributed by atoms with van der Waals surface area (Å²) in [7, 11) is 0. The van der Waals surface area contributed by atoms with Crippen molar-refractivity contribution in [3.8, 4) is 0 Å². The summed E-state index contributed by atoms with van der Waals surface area (Å²) in [6, 6.07) is 17.7. The summed E-state index contributed by atoms with van der Waals surface area (Å²) in [5.41, 5.74) is -0.245. The number of unbranched alkanes of at least 4 members (excludes halogenated alkanes) is 1. The van der Waals surface area contributed by atoms with Crippen LogP contribution in [0.15, 0.2) is 66.7 Å². The normalized spacial score (nSPS) is 27.8. The number of benzene rings is 2. The number of hydrogen-bond donors (Lipinski definition) is 2. The van der Waals surface area contributed by atoms with Crippen molar-refractivity contribution in [3.05, 3.63) is 77.9 Å². The summed E-state index contributed by atoms with van der Waals surface area (Å²) in [6.07, 6.45) is 5.21. The van der Waals surface area contributed by atoms with Crippen LogP contribution >= 0.6 is 0 Å². The summed E-state index contributed by atoms with van der Waals surface area (Å²) in [4.78, 5) is 40.7. The fraction of sp³-hybridized carbons (Fsp3) is 0.320. The molecule has 4 unspecified atom stereocenters. The van der Waals surface area contributed by atoms with E-state index in [0.29, 0.717) is 18.5 Å². The Kier molecular flexibility index (Phi) is 5.74. The maximum absolute atomic E-state index is 13.4. The zero-order chi connectivity index (χ0) is 22.0. The van der Waals surface area contributed by atoms with Crippen molar-refractivity contribution in [1.29, 1.82) is 0 Å². The largest absolute Gasteiger partial charge is 0.480 e. The molecule has 2 heterocycles. The molecule has 2 aliphatic heterocycles. The van der Waals surface area contributed by atoms with E-state index in [1.165, 1.54) is 4.90 Å². The van der Waals surface area contributed by atoms with Crippen LogP contribution in [0.25, 0.3) is 6.08 Å².